The second kappa shape index (κ2) is 10.3. The number of carbonyl (C=O) groups is 2. The molecule has 0 aliphatic carbocycles. The number of amides is 2. The van der Waals surface area contributed by atoms with E-state index in [4.69, 9.17) is 4.52 Å². The number of rotatable bonds is 8. The zero-order valence-electron chi connectivity index (χ0n) is 19.5. The standard InChI is InChI=1S/C25H35N3O4/c1-5-6-12-19(21-14-22(27-32-21)25(2,3)4)24(31)28-16-18(29)13-20(28)23(30)26-15-17-10-8-7-9-11-17/h7-11,14,18-20,29H,5-6,12-13,15-16H2,1-4H3,(H,26,30). The van der Waals surface area contributed by atoms with Gasteiger partial charge in [-0.1, -0.05) is 76.0 Å². The van der Waals surface area contributed by atoms with Crippen molar-refractivity contribution in [2.24, 2.45) is 0 Å². The Hall–Kier alpha value is -2.67. The first kappa shape index (κ1) is 24.0. The Balaban J connectivity index is 1.77. The van der Waals surface area contributed by atoms with Crippen molar-refractivity contribution in [1.29, 1.82) is 0 Å². The van der Waals surface area contributed by atoms with Crippen LogP contribution in [0.3, 0.4) is 0 Å². The van der Waals surface area contributed by atoms with Crippen LogP contribution in [0.15, 0.2) is 40.9 Å². The minimum Gasteiger partial charge on any atom is -0.391 e. The van der Waals surface area contributed by atoms with E-state index in [1.807, 2.05) is 57.2 Å². The Kier molecular flexibility index (Phi) is 7.72. The van der Waals surface area contributed by atoms with E-state index in [2.05, 4.69) is 17.4 Å². The highest BCUT2D eigenvalue weighted by Gasteiger charge is 2.42. The van der Waals surface area contributed by atoms with Gasteiger partial charge in [-0.15, -0.1) is 0 Å². The Morgan fingerprint density at radius 3 is 2.62 bits per heavy atom. The number of aliphatic hydroxyl groups excluding tert-OH is 1. The second-order valence-corrected chi connectivity index (χ2v) is 9.66. The van der Waals surface area contributed by atoms with Crippen LogP contribution in [0.25, 0.3) is 0 Å². The molecule has 2 N–H and O–H groups in total. The van der Waals surface area contributed by atoms with E-state index in [-0.39, 0.29) is 30.2 Å². The van der Waals surface area contributed by atoms with E-state index in [0.717, 1.165) is 24.1 Å². The molecule has 0 radical (unpaired) electrons. The van der Waals surface area contributed by atoms with Gasteiger partial charge in [0.15, 0.2) is 0 Å². The molecule has 7 nitrogen and oxygen atoms in total. The van der Waals surface area contributed by atoms with Crippen LogP contribution >= 0.6 is 0 Å². The molecule has 1 saturated heterocycles. The van der Waals surface area contributed by atoms with Gasteiger partial charge in [-0.2, -0.15) is 0 Å². The molecule has 1 aliphatic rings. The van der Waals surface area contributed by atoms with Crippen molar-refractivity contribution < 1.29 is 19.2 Å². The van der Waals surface area contributed by atoms with Crippen LogP contribution in [0.1, 0.15) is 76.3 Å². The molecule has 0 saturated carbocycles. The molecule has 0 bridgehead atoms. The van der Waals surface area contributed by atoms with E-state index in [9.17, 15) is 14.7 Å². The smallest absolute Gasteiger partial charge is 0.243 e. The van der Waals surface area contributed by atoms with E-state index in [1.54, 1.807) is 0 Å². The summed E-state index contributed by atoms with van der Waals surface area (Å²) in [6, 6.07) is 10.8. The number of carbonyl (C=O) groups excluding carboxylic acids is 2. The number of unbranched alkanes of at least 4 members (excludes halogenated alkanes) is 1. The number of benzene rings is 1. The summed E-state index contributed by atoms with van der Waals surface area (Å²) in [5, 5.41) is 17.4. The first-order valence-corrected chi connectivity index (χ1v) is 11.5. The molecule has 174 valence electrons. The zero-order valence-corrected chi connectivity index (χ0v) is 19.5. The van der Waals surface area contributed by atoms with Crippen LogP contribution < -0.4 is 5.32 Å². The topological polar surface area (TPSA) is 95.7 Å². The Bertz CT molecular complexity index is 903. The van der Waals surface area contributed by atoms with Crippen molar-refractivity contribution in [3.63, 3.8) is 0 Å². The summed E-state index contributed by atoms with van der Waals surface area (Å²) in [6.45, 7) is 8.72. The average Bonchev–Trinajstić information content (AvgIpc) is 3.40. The van der Waals surface area contributed by atoms with Gasteiger partial charge in [0, 0.05) is 31.0 Å². The highest BCUT2D eigenvalue weighted by atomic mass is 16.5. The fraction of sp³-hybridized carbons (Fsp3) is 0.560. The minimum atomic E-state index is -0.724. The number of likely N-dealkylation sites (tertiary alicyclic amines) is 1. The molecular weight excluding hydrogens is 406 g/mol. The third-order valence-corrected chi connectivity index (χ3v) is 5.96. The molecule has 2 amide bonds. The van der Waals surface area contributed by atoms with Crippen molar-refractivity contribution >= 4 is 11.8 Å². The highest BCUT2D eigenvalue weighted by Crippen LogP contribution is 2.32. The SMILES string of the molecule is CCCCC(C(=O)N1CC(O)CC1C(=O)NCc1ccccc1)c1cc(C(C)(C)C)no1. The van der Waals surface area contributed by atoms with E-state index >= 15 is 0 Å². The summed E-state index contributed by atoms with van der Waals surface area (Å²) in [4.78, 5) is 28.0. The normalized spacial score (nSPS) is 19.7. The number of hydrogen-bond acceptors (Lipinski definition) is 5. The summed E-state index contributed by atoms with van der Waals surface area (Å²) in [5.74, 6) is -0.432. The molecule has 0 spiro atoms. The van der Waals surface area contributed by atoms with Gasteiger partial charge in [-0.05, 0) is 12.0 Å². The van der Waals surface area contributed by atoms with Crippen molar-refractivity contribution in [2.45, 2.75) is 83.4 Å². The first-order chi connectivity index (χ1) is 15.2. The monoisotopic (exact) mass is 441 g/mol. The maximum absolute atomic E-state index is 13.6. The van der Waals surface area contributed by atoms with Crippen molar-refractivity contribution in [3.05, 3.63) is 53.4 Å². The summed E-state index contributed by atoms with van der Waals surface area (Å²) in [7, 11) is 0. The number of nitrogens with zero attached hydrogens (tertiary/aromatic N) is 2. The first-order valence-electron chi connectivity index (χ1n) is 11.5. The fourth-order valence-corrected chi connectivity index (χ4v) is 4.01. The van der Waals surface area contributed by atoms with Crippen molar-refractivity contribution in [1.82, 2.24) is 15.4 Å². The lowest BCUT2D eigenvalue weighted by molar-refractivity contribution is -0.140. The van der Waals surface area contributed by atoms with Gasteiger partial charge in [-0.25, -0.2) is 0 Å². The average molecular weight is 442 g/mol. The number of β-amino-alcohol motifs (C(OH)–C–C–N with tert-alkyl or cyclic N) is 1. The predicted octanol–water partition coefficient (Wildman–Crippen LogP) is 3.52. The highest BCUT2D eigenvalue weighted by molar-refractivity contribution is 5.91. The van der Waals surface area contributed by atoms with Gasteiger partial charge in [-0.3, -0.25) is 9.59 Å². The third-order valence-electron chi connectivity index (χ3n) is 5.96. The van der Waals surface area contributed by atoms with Gasteiger partial charge in [0.1, 0.15) is 11.8 Å². The van der Waals surface area contributed by atoms with Gasteiger partial charge >= 0.3 is 0 Å². The molecule has 1 aliphatic heterocycles. The fourth-order valence-electron chi connectivity index (χ4n) is 4.01. The van der Waals surface area contributed by atoms with Crippen LogP contribution in [0.2, 0.25) is 0 Å². The maximum Gasteiger partial charge on any atom is 0.243 e. The van der Waals surface area contributed by atoms with Crippen molar-refractivity contribution in [3.8, 4) is 0 Å². The summed E-state index contributed by atoms with van der Waals surface area (Å²) >= 11 is 0. The lowest BCUT2D eigenvalue weighted by atomic mass is 9.90. The van der Waals surface area contributed by atoms with Crippen molar-refractivity contribution in [2.75, 3.05) is 6.54 Å². The predicted molar refractivity (Wildman–Crippen MR) is 122 cm³/mol. The van der Waals surface area contributed by atoms with Gasteiger partial charge in [0.05, 0.1) is 17.7 Å². The third kappa shape index (κ3) is 5.76. The van der Waals surface area contributed by atoms with Crippen LogP contribution in [0, 0.1) is 0 Å². The molecule has 7 heteroatoms. The number of nitrogens with one attached hydrogen (secondary N) is 1. The van der Waals surface area contributed by atoms with E-state index in [1.165, 1.54) is 4.90 Å². The number of aliphatic hydroxyl groups is 1. The second-order valence-electron chi connectivity index (χ2n) is 9.66. The molecule has 3 unspecified atom stereocenters. The molecule has 3 atom stereocenters. The van der Waals surface area contributed by atoms with Crippen LogP contribution in [0.4, 0.5) is 0 Å². The van der Waals surface area contributed by atoms with Crippen LogP contribution in [-0.4, -0.2) is 45.7 Å². The Morgan fingerprint density at radius 1 is 1.28 bits per heavy atom. The summed E-state index contributed by atoms with van der Waals surface area (Å²) < 4.78 is 5.60. The molecule has 1 fully saturated rings. The molecule has 3 rings (SSSR count). The Morgan fingerprint density at radius 2 is 2.00 bits per heavy atom. The van der Waals surface area contributed by atoms with E-state index < -0.39 is 18.1 Å². The van der Waals surface area contributed by atoms with E-state index in [0.29, 0.717) is 18.7 Å². The summed E-state index contributed by atoms with van der Waals surface area (Å²) in [5.41, 5.74) is 1.58. The van der Waals surface area contributed by atoms with Gasteiger partial charge < -0.3 is 19.8 Å². The minimum absolute atomic E-state index is 0.144. The molecule has 32 heavy (non-hydrogen) atoms. The number of hydrogen-bond donors (Lipinski definition) is 2. The lowest BCUT2D eigenvalue weighted by Gasteiger charge is -2.27. The van der Waals surface area contributed by atoms with Gasteiger partial charge in [0.2, 0.25) is 11.8 Å². The quantitative estimate of drug-likeness (QED) is 0.653. The molecule has 2 aromatic rings. The molecular formula is C25H35N3O4. The molecule has 1 aromatic carbocycles. The Labute approximate surface area is 190 Å². The van der Waals surface area contributed by atoms with Crippen LogP contribution in [-0.2, 0) is 21.5 Å². The van der Waals surface area contributed by atoms with Gasteiger partial charge in [0.25, 0.3) is 0 Å². The molecule has 1 aromatic heterocycles. The largest absolute Gasteiger partial charge is 0.391 e. The number of aromatic nitrogens is 1. The summed E-state index contributed by atoms with van der Waals surface area (Å²) in [6.07, 6.45) is 1.91. The lowest BCUT2D eigenvalue weighted by Crippen LogP contribution is -2.47. The maximum atomic E-state index is 13.6. The van der Waals surface area contributed by atoms with Crippen LogP contribution in [0.5, 0.6) is 0 Å². The molecule has 2 heterocycles. The zero-order chi connectivity index (χ0) is 23.3.